The van der Waals surface area contributed by atoms with Gasteiger partial charge in [-0.15, -0.1) is 0 Å². The second-order valence-corrected chi connectivity index (χ2v) is 8.33. The SMILES string of the molecule is CS(=O)(=O)Nc1cc(NSc2ccc(-c3ccccc3)cc2)ccc1O. The van der Waals surface area contributed by atoms with Crippen LogP contribution in [0.4, 0.5) is 11.4 Å². The Bertz CT molecular complexity index is 989. The first kappa shape index (κ1) is 18.2. The molecule has 0 spiro atoms. The van der Waals surface area contributed by atoms with Crippen molar-refractivity contribution in [1.82, 2.24) is 0 Å². The fourth-order valence-corrected chi connectivity index (χ4v) is 3.54. The minimum absolute atomic E-state index is 0.127. The number of sulfonamides is 1. The topological polar surface area (TPSA) is 78.4 Å². The van der Waals surface area contributed by atoms with E-state index >= 15 is 0 Å². The average molecular weight is 386 g/mol. The molecule has 5 nitrogen and oxygen atoms in total. The van der Waals surface area contributed by atoms with Crippen LogP contribution in [0.3, 0.4) is 0 Å². The lowest BCUT2D eigenvalue weighted by molar-refractivity contribution is 0.478. The normalized spacial score (nSPS) is 11.1. The van der Waals surface area contributed by atoms with Crippen LogP contribution in [0.2, 0.25) is 0 Å². The summed E-state index contributed by atoms with van der Waals surface area (Å²) < 4.78 is 28.1. The molecule has 0 radical (unpaired) electrons. The van der Waals surface area contributed by atoms with Crippen molar-refractivity contribution in [1.29, 1.82) is 0 Å². The van der Waals surface area contributed by atoms with Crippen molar-refractivity contribution >= 4 is 33.3 Å². The molecule has 0 aliphatic carbocycles. The van der Waals surface area contributed by atoms with Crippen LogP contribution in [0.25, 0.3) is 11.1 Å². The summed E-state index contributed by atoms with van der Waals surface area (Å²) in [7, 11) is -3.46. The second-order valence-electron chi connectivity index (χ2n) is 5.70. The molecule has 0 heterocycles. The van der Waals surface area contributed by atoms with Gasteiger partial charge in [-0.1, -0.05) is 42.5 Å². The van der Waals surface area contributed by atoms with Gasteiger partial charge in [0, 0.05) is 10.6 Å². The number of hydrogen-bond acceptors (Lipinski definition) is 5. The summed E-state index contributed by atoms with van der Waals surface area (Å²) in [5.74, 6) is -0.127. The molecule has 0 aromatic heterocycles. The van der Waals surface area contributed by atoms with Gasteiger partial charge >= 0.3 is 0 Å². The molecular formula is C19H18N2O3S2. The lowest BCUT2D eigenvalue weighted by atomic mass is 10.1. The molecule has 0 saturated heterocycles. The maximum absolute atomic E-state index is 11.3. The Balaban J connectivity index is 1.68. The molecule has 7 heteroatoms. The predicted octanol–water partition coefficient (Wildman–Crippen LogP) is 4.55. The van der Waals surface area contributed by atoms with Crippen molar-refractivity contribution in [3.8, 4) is 16.9 Å². The first-order valence-electron chi connectivity index (χ1n) is 7.80. The van der Waals surface area contributed by atoms with Crippen LogP contribution < -0.4 is 9.44 Å². The summed E-state index contributed by atoms with van der Waals surface area (Å²) in [5, 5.41) is 9.76. The first-order valence-corrected chi connectivity index (χ1v) is 10.5. The zero-order valence-electron chi connectivity index (χ0n) is 14.0. The lowest BCUT2D eigenvalue weighted by Crippen LogP contribution is -2.09. The molecule has 3 rings (SSSR count). The van der Waals surface area contributed by atoms with Gasteiger partial charge in [-0.05, 0) is 53.4 Å². The molecule has 0 atom stereocenters. The van der Waals surface area contributed by atoms with E-state index in [1.165, 1.54) is 18.0 Å². The monoisotopic (exact) mass is 386 g/mol. The number of nitrogens with one attached hydrogen (secondary N) is 2. The fraction of sp³-hybridized carbons (Fsp3) is 0.0526. The summed E-state index contributed by atoms with van der Waals surface area (Å²) in [5.41, 5.74) is 3.11. The third-order valence-corrected chi connectivity index (χ3v) is 4.98. The maximum atomic E-state index is 11.3. The van der Waals surface area contributed by atoms with Crippen LogP contribution in [0, 0.1) is 0 Å². The predicted molar refractivity (Wildman–Crippen MR) is 108 cm³/mol. The molecular weight excluding hydrogens is 368 g/mol. The molecule has 0 amide bonds. The molecule has 0 aliphatic heterocycles. The number of anilines is 2. The van der Waals surface area contributed by atoms with E-state index in [9.17, 15) is 13.5 Å². The van der Waals surface area contributed by atoms with Crippen LogP contribution in [0.15, 0.2) is 77.7 Å². The number of hydrogen-bond donors (Lipinski definition) is 3. The van der Waals surface area contributed by atoms with Gasteiger partial charge in [-0.25, -0.2) is 8.42 Å². The van der Waals surface area contributed by atoms with Crippen molar-refractivity contribution in [2.75, 3.05) is 15.7 Å². The Labute approximate surface area is 157 Å². The van der Waals surface area contributed by atoms with E-state index in [4.69, 9.17) is 0 Å². The molecule has 0 bridgehead atoms. The minimum Gasteiger partial charge on any atom is -0.506 e. The number of benzene rings is 3. The number of rotatable bonds is 6. The summed E-state index contributed by atoms with van der Waals surface area (Å²) in [6.45, 7) is 0. The number of aromatic hydroxyl groups is 1. The van der Waals surface area contributed by atoms with Crippen molar-refractivity contribution in [2.24, 2.45) is 0 Å². The highest BCUT2D eigenvalue weighted by atomic mass is 32.2. The Kier molecular flexibility index (Phi) is 5.39. The van der Waals surface area contributed by atoms with Crippen molar-refractivity contribution < 1.29 is 13.5 Å². The molecule has 0 saturated carbocycles. The van der Waals surface area contributed by atoms with E-state index in [0.29, 0.717) is 5.69 Å². The Morgan fingerprint density at radius 2 is 1.54 bits per heavy atom. The first-order chi connectivity index (χ1) is 12.4. The van der Waals surface area contributed by atoms with Crippen molar-refractivity contribution in [2.45, 2.75) is 4.90 Å². The lowest BCUT2D eigenvalue weighted by Gasteiger charge is -2.10. The zero-order chi connectivity index (χ0) is 18.6. The van der Waals surface area contributed by atoms with E-state index in [1.807, 2.05) is 42.5 Å². The van der Waals surface area contributed by atoms with Crippen molar-refractivity contribution in [3.05, 3.63) is 72.8 Å². The maximum Gasteiger partial charge on any atom is 0.229 e. The van der Waals surface area contributed by atoms with Gasteiger partial charge in [0.25, 0.3) is 0 Å². The average Bonchev–Trinajstić information content (AvgIpc) is 2.62. The van der Waals surface area contributed by atoms with Crippen LogP contribution in [-0.4, -0.2) is 19.8 Å². The molecule has 0 fully saturated rings. The van der Waals surface area contributed by atoms with E-state index in [2.05, 4.69) is 21.6 Å². The molecule has 3 N–H and O–H groups in total. The highest BCUT2D eigenvalue weighted by Crippen LogP contribution is 2.30. The molecule has 3 aromatic carbocycles. The summed E-state index contributed by atoms with van der Waals surface area (Å²) in [6.07, 6.45) is 1.04. The zero-order valence-corrected chi connectivity index (χ0v) is 15.6. The van der Waals surface area contributed by atoms with Gasteiger partial charge in [-0.3, -0.25) is 4.72 Å². The Hall–Kier alpha value is -2.64. The number of phenols is 1. The van der Waals surface area contributed by atoms with Crippen LogP contribution in [-0.2, 0) is 10.0 Å². The standard InChI is InChI=1S/C19H18N2O3S2/c1-26(23,24)21-18-13-16(9-12-19(18)22)20-25-17-10-7-15(8-11-17)14-5-3-2-4-6-14/h2-13,20-22H,1H3. The summed E-state index contributed by atoms with van der Waals surface area (Å²) in [6, 6.07) is 22.9. The van der Waals surface area contributed by atoms with Gasteiger partial charge in [0.05, 0.1) is 11.9 Å². The van der Waals surface area contributed by atoms with Gasteiger partial charge in [0.15, 0.2) is 0 Å². The molecule has 26 heavy (non-hydrogen) atoms. The molecule has 0 aliphatic rings. The van der Waals surface area contributed by atoms with E-state index in [-0.39, 0.29) is 11.4 Å². The number of phenolic OH excluding ortho intramolecular Hbond substituents is 1. The van der Waals surface area contributed by atoms with Crippen LogP contribution in [0.1, 0.15) is 0 Å². The van der Waals surface area contributed by atoms with Crippen LogP contribution >= 0.6 is 11.9 Å². The minimum atomic E-state index is -3.46. The summed E-state index contributed by atoms with van der Waals surface area (Å²) >= 11 is 1.40. The van der Waals surface area contributed by atoms with Crippen molar-refractivity contribution in [3.63, 3.8) is 0 Å². The molecule has 3 aromatic rings. The Morgan fingerprint density at radius 1 is 0.885 bits per heavy atom. The highest BCUT2D eigenvalue weighted by Gasteiger charge is 2.08. The Morgan fingerprint density at radius 3 is 2.19 bits per heavy atom. The smallest absolute Gasteiger partial charge is 0.229 e. The van der Waals surface area contributed by atoms with E-state index in [1.54, 1.807) is 12.1 Å². The quantitative estimate of drug-likeness (QED) is 0.329. The summed E-state index contributed by atoms with van der Waals surface area (Å²) in [4.78, 5) is 1.01. The second kappa shape index (κ2) is 7.72. The van der Waals surface area contributed by atoms with E-state index < -0.39 is 10.0 Å². The largest absolute Gasteiger partial charge is 0.506 e. The van der Waals surface area contributed by atoms with Gasteiger partial charge in [0.2, 0.25) is 10.0 Å². The third-order valence-electron chi connectivity index (χ3n) is 3.54. The highest BCUT2D eigenvalue weighted by molar-refractivity contribution is 8.00. The third kappa shape index (κ3) is 4.93. The van der Waals surface area contributed by atoms with Gasteiger partial charge in [-0.2, -0.15) is 0 Å². The fourth-order valence-electron chi connectivity index (χ4n) is 2.34. The van der Waals surface area contributed by atoms with Crippen LogP contribution in [0.5, 0.6) is 5.75 Å². The van der Waals surface area contributed by atoms with E-state index in [0.717, 1.165) is 22.3 Å². The molecule has 134 valence electrons. The van der Waals surface area contributed by atoms with Gasteiger partial charge in [0.1, 0.15) is 5.75 Å². The van der Waals surface area contributed by atoms with Gasteiger partial charge < -0.3 is 9.83 Å². The molecule has 0 unspecified atom stereocenters.